The van der Waals surface area contributed by atoms with Gasteiger partial charge in [-0.25, -0.2) is 0 Å². The third-order valence-corrected chi connectivity index (χ3v) is 3.08. The number of nitrogens with one attached hydrogen (secondary N) is 1. The zero-order chi connectivity index (χ0) is 12.2. The summed E-state index contributed by atoms with van der Waals surface area (Å²) in [5.74, 6) is 0.155. The van der Waals surface area contributed by atoms with E-state index in [1.165, 1.54) is 5.57 Å². The molecule has 4 nitrogen and oxygen atoms in total. The van der Waals surface area contributed by atoms with Crippen LogP contribution in [0.5, 0.6) is 0 Å². The summed E-state index contributed by atoms with van der Waals surface area (Å²) in [6.45, 7) is 5.98. The van der Waals surface area contributed by atoms with Gasteiger partial charge in [-0.15, -0.1) is 0 Å². The molecule has 0 unspecified atom stereocenters. The molecule has 1 rings (SSSR count). The lowest BCUT2D eigenvalue weighted by Gasteiger charge is -2.33. The molecule has 0 bridgehead atoms. The van der Waals surface area contributed by atoms with Crippen LogP contribution in [0.15, 0.2) is 11.6 Å². The van der Waals surface area contributed by atoms with E-state index in [9.17, 15) is 4.79 Å². The Morgan fingerprint density at radius 1 is 1.62 bits per heavy atom. The van der Waals surface area contributed by atoms with Crippen molar-refractivity contribution in [1.82, 2.24) is 10.2 Å². The van der Waals surface area contributed by atoms with Crippen molar-refractivity contribution in [2.75, 3.05) is 33.9 Å². The van der Waals surface area contributed by atoms with Gasteiger partial charge in [0.1, 0.15) is 0 Å². The van der Waals surface area contributed by atoms with E-state index in [2.05, 4.69) is 11.4 Å². The van der Waals surface area contributed by atoms with Crippen LogP contribution in [0.2, 0.25) is 0 Å². The van der Waals surface area contributed by atoms with Crippen LogP contribution in [0.25, 0.3) is 0 Å². The fourth-order valence-corrected chi connectivity index (χ4v) is 1.71. The third-order valence-electron chi connectivity index (χ3n) is 3.08. The molecule has 0 radical (unpaired) electrons. The summed E-state index contributed by atoms with van der Waals surface area (Å²) in [6.07, 6.45) is 3.01. The molecular weight excluding hydrogens is 204 g/mol. The number of hydrogen-bond acceptors (Lipinski definition) is 3. The number of carbonyl (C=O) groups excluding carboxylic acids is 1. The molecule has 0 atom stereocenters. The Balaban J connectivity index is 2.57. The fourth-order valence-electron chi connectivity index (χ4n) is 1.71. The molecule has 0 saturated carbocycles. The summed E-state index contributed by atoms with van der Waals surface area (Å²) in [6, 6.07) is 0. The largest absolute Gasteiger partial charge is 0.380 e. The van der Waals surface area contributed by atoms with E-state index in [1.54, 1.807) is 7.11 Å². The highest BCUT2D eigenvalue weighted by molar-refractivity contribution is 5.85. The first kappa shape index (κ1) is 13.2. The minimum atomic E-state index is -0.480. The fraction of sp³-hybridized carbons (Fsp3) is 0.750. The Morgan fingerprint density at radius 3 is 2.75 bits per heavy atom. The van der Waals surface area contributed by atoms with Gasteiger partial charge in [-0.3, -0.25) is 4.79 Å². The summed E-state index contributed by atoms with van der Waals surface area (Å²) in [5, 5.41) is 3.04. The van der Waals surface area contributed by atoms with Gasteiger partial charge < -0.3 is 15.0 Å². The highest BCUT2D eigenvalue weighted by Gasteiger charge is 2.30. The monoisotopic (exact) mass is 226 g/mol. The van der Waals surface area contributed by atoms with Crippen molar-refractivity contribution < 1.29 is 9.53 Å². The number of hydrogen-bond donors (Lipinski definition) is 1. The molecule has 4 heteroatoms. The van der Waals surface area contributed by atoms with Crippen LogP contribution in [-0.2, 0) is 9.53 Å². The normalized spacial score (nSPS) is 17.2. The van der Waals surface area contributed by atoms with Crippen molar-refractivity contribution in [1.29, 1.82) is 0 Å². The molecule has 16 heavy (non-hydrogen) atoms. The van der Waals surface area contributed by atoms with Gasteiger partial charge in [-0.2, -0.15) is 0 Å². The zero-order valence-electron chi connectivity index (χ0n) is 10.7. The molecule has 0 spiro atoms. The topological polar surface area (TPSA) is 41.6 Å². The predicted octanol–water partition coefficient (Wildman–Crippen LogP) is 0.789. The molecule has 0 saturated heterocycles. The smallest absolute Gasteiger partial charge is 0.242 e. The minimum absolute atomic E-state index is 0.155. The summed E-state index contributed by atoms with van der Waals surface area (Å²) in [5.41, 5.74) is 0.806. The van der Waals surface area contributed by atoms with Gasteiger partial charge >= 0.3 is 0 Å². The lowest BCUT2D eigenvalue weighted by atomic mass is 10.0. The second kappa shape index (κ2) is 5.46. The van der Waals surface area contributed by atoms with Gasteiger partial charge in [0.05, 0.1) is 12.1 Å². The molecule has 1 aliphatic rings. The van der Waals surface area contributed by atoms with Crippen LogP contribution in [-0.4, -0.2) is 50.2 Å². The average molecular weight is 226 g/mol. The van der Waals surface area contributed by atoms with Gasteiger partial charge in [0.2, 0.25) is 5.91 Å². The SMILES string of the molecule is CNC(C)(C)C(=O)N1CC=C(COC)CC1. The van der Waals surface area contributed by atoms with Crippen LogP contribution < -0.4 is 5.32 Å². The van der Waals surface area contributed by atoms with E-state index in [0.717, 1.165) is 13.0 Å². The first-order valence-electron chi connectivity index (χ1n) is 5.66. The van der Waals surface area contributed by atoms with Crippen molar-refractivity contribution >= 4 is 5.91 Å². The van der Waals surface area contributed by atoms with Crippen LogP contribution in [0.1, 0.15) is 20.3 Å². The Labute approximate surface area is 97.6 Å². The van der Waals surface area contributed by atoms with Gasteiger partial charge in [-0.1, -0.05) is 6.08 Å². The molecule has 1 heterocycles. The van der Waals surface area contributed by atoms with Crippen molar-refractivity contribution in [3.63, 3.8) is 0 Å². The summed E-state index contributed by atoms with van der Waals surface area (Å²) >= 11 is 0. The molecule has 0 aromatic rings. The van der Waals surface area contributed by atoms with Crippen molar-refractivity contribution in [3.8, 4) is 0 Å². The molecule has 0 fully saturated rings. The van der Waals surface area contributed by atoms with E-state index in [0.29, 0.717) is 13.2 Å². The number of ether oxygens (including phenoxy) is 1. The number of amides is 1. The van der Waals surface area contributed by atoms with Crippen molar-refractivity contribution in [3.05, 3.63) is 11.6 Å². The molecule has 0 aromatic heterocycles. The highest BCUT2D eigenvalue weighted by Crippen LogP contribution is 2.15. The van der Waals surface area contributed by atoms with Crippen LogP contribution >= 0.6 is 0 Å². The molecule has 0 aromatic carbocycles. The van der Waals surface area contributed by atoms with Crippen LogP contribution in [0, 0.1) is 0 Å². The number of carbonyl (C=O) groups is 1. The number of rotatable bonds is 4. The number of nitrogens with zero attached hydrogens (tertiary/aromatic N) is 1. The zero-order valence-corrected chi connectivity index (χ0v) is 10.7. The van der Waals surface area contributed by atoms with E-state index in [1.807, 2.05) is 25.8 Å². The van der Waals surface area contributed by atoms with Gasteiger partial charge in [0.25, 0.3) is 0 Å². The highest BCUT2D eigenvalue weighted by atomic mass is 16.5. The standard InChI is InChI=1S/C12H22N2O2/c1-12(2,13-3)11(15)14-7-5-10(6-8-14)9-16-4/h5,13H,6-9H2,1-4H3. The summed E-state index contributed by atoms with van der Waals surface area (Å²) in [7, 11) is 3.51. The van der Waals surface area contributed by atoms with Crippen LogP contribution in [0.4, 0.5) is 0 Å². The molecule has 1 aliphatic heterocycles. The van der Waals surface area contributed by atoms with E-state index in [-0.39, 0.29) is 5.91 Å². The first-order chi connectivity index (χ1) is 7.51. The Hall–Kier alpha value is -0.870. The van der Waals surface area contributed by atoms with Gasteiger partial charge in [0, 0.05) is 20.2 Å². The Kier molecular flexibility index (Phi) is 4.50. The number of likely N-dealkylation sites (N-methyl/N-ethyl adjacent to an activating group) is 1. The second-order valence-corrected chi connectivity index (χ2v) is 4.67. The van der Waals surface area contributed by atoms with Gasteiger partial charge in [-0.05, 0) is 32.9 Å². The van der Waals surface area contributed by atoms with Crippen molar-refractivity contribution in [2.45, 2.75) is 25.8 Å². The number of methoxy groups -OCH3 is 1. The minimum Gasteiger partial charge on any atom is -0.380 e. The maximum Gasteiger partial charge on any atom is 0.242 e. The Bertz CT molecular complexity index is 285. The summed E-state index contributed by atoms with van der Waals surface area (Å²) < 4.78 is 5.08. The molecule has 0 aliphatic carbocycles. The maximum atomic E-state index is 12.1. The van der Waals surface area contributed by atoms with E-state index >= 15 is 0 Å². The average Bonchev–Trinajstić information content (AvgIpc) is 2.29. The lowest BCUT2D eigenvalue weighted by Crippen LogP contribution is -2.53. The third kappa shape index (κ3) is 3.06. The molecule has 1 amide bonds. The maximum absolute atomic E-state index is 12.1. The molecule has 92 valence electrons. The Morgan fingerprint density at radius 2 is 2.31 bits per heavy atom. The van der Waals surface area contributed by atoms with E-state index in [4.69, 9.17) is 4.74 Å². The predicted molar refractivity (Wildman–Crippen MR) is 64.3 cm³/mol. The molecular formula is C12H22N2O2. The van der Waals surface area contributed by atoms with Gasteiger partial charge in [0.15, 0.2) is 0 Å². The summed E-state index contributed by atoms with van der Waals surface area (Å²) in [4.78, 5) is 14.0. The quantitative estimate of drug-likeness (QED) is 0.721. The second-order valence-electron chi connectivity index (χ2n) is 4.67. The molecule has 1 N–H and O–H groups in total. The van der Waals surface area contributed by atoms with E-state index < -0.39 is 5.54 Å². The van der Waals surface area contributed by atoms with Crippen molar-refractivity contribution in [2.24, 2.45) is 0 Å². The lowest BCUT2D eigenvalue weighted by molar-refractivity contribution is -0.136. The van der Waals surface area contributed by atoms with Crippen LogP contribution in [0.3, 0.4) is 0 Å². The first-order valence-corrected chi connectivity index (χ1v) is 5.66.